The third kappa shape index (κ3) is 4.15. The Bertz CT molecular complexity index is 203. The fourth-order valence-corrected chi connectivity index (χ4v) is 1.87. The molecule has 14 heavy (non-hydrogen) atoms. The zero-order chi connectivity index (χ0) is 10.4. The molecule has 0 spiro atoms. The highest BCUT2D eigenvalue weighted by Crippen LogP contribution is 2.25. The first-order valence-corrected chi connectivity index (χ1v) is 5.85. The van der Waals surface area contributed by atoms with E-state index in [0.29, 0.717) is 6.04 Å². The van der Waals surface area contributed by atoms with Gasteiger partial charge in [-0.2, -0.15) is 0 Å². The van der Waals surface area contributed by atoms with Crippen molar-refractivity contribution in [2.75, 3.05) is 14.1 Å². The molecule has 80 valence electrons. The SMILES string of the molecule is CC(C#CCC1CCCCC1)N(C)C. The Labute approximate surface area is 88.9 Å². The lowest BCUT2D eigenvalue weighted by Gasteiger charge is -2.19. The predicted molar refractivity (Wildman–Crippen MR) is 62.1 cm³/mol. The molecule has 1 aliphatic carbocycles. The maximum atomic E-state index is 3.34. The molecular weight excluding hydrogens is 170 g/mol. The second-order valence-electron chi connectivity index (χ2n) is 4.67. The van der Waals surface area contributed by atoms with Crippen molar-refractivity contribution < 1.29 is 0 Å². The molecule has 0 aromatic carbocycles. The van der Waals surface area contributed by atoms with Gasteiger partial charge in [0, 0.05) is 6.42 Å². The first kappa shape index (κ1) is 11.6. The van der Waals surface area contributed by atoms with Gasteiger partial charge in [0.05, 0.1) is 6.04 Å². The quantitative estimate of drug-likeness (QED) is 0.610. The van der Waals surface area contributed by atoms with E-state index in [1.54, 1.807) is 0 Å². The van der Waals surface area contributed by atoms with Crippen LogP contribution in [0.15, 0.2) is 0 Å². The number of hydrogen-bond donors (Lipinski definition) is 0. The van der Waals surface area contributed by atoms with Crippen molar-refractivity contribution in [2.24, 2.45) is 5.92 Å². The molecule has 0 N–H and O–H groups in total. The second-order valence-corrected chi connectivity index (χ2v) is 4.67. The molecule has 1 fully saturated rings. The standard InChI is InChI=1S/C13H23N/c1-12(14(2)3)8-7-11-13-9-5-4-6-10-13/h12-13H,4-6,9-11H2,1-3H3. The average Bonchev–Trinajstić information content (AvgIpc) is 2.19. The summed E-state index contributed by atoms with van der Waals surface area (Å²) in [5.74, 6) is 7.54. The molecule has 1 heteroatoms. The summed E-state index contributed by atoms with van der Waals surface area (Å²) in [6.45, 7) is 2.16. The summed E-state index contributed by atoms with van der Waals surface area (Å²) < 4.78 is 0. The molecule has 0 heterocycles. The van der Waals surface area contributed by atoms with Crippen LogP contribution in [0.1, 0.15) is 45.4 Å². The van der Waals surface area contributed by atoms with Crippen LogP contribution in [-0.4, -0.2) is 25.0 Å². The van der Waals surface area contributed by atoms with Crippen LogP contribution in [0.4, 0.5) is 0 Å². The Balaban J connectivity index is 2.23. The monoisotopic (exact) mass is 193 g/mol. The van der Waals surface area contributed by atoms with Gasteiger partial charge in [0.1, 0.15) is 0 Å². The van der Waals surface area contributed by atoms with Gasteiger partial charge in [0.2, 0.25) is 0 Å². The molecule has 0 aliphatic heterocycles. The van der Waals surface area contributed by atoms with Gasteiger partial charge in [-0.3, -0.25) is 4.90 Å². The number of hydrogen-bond acceptors (Lipinski definition) is 1. The molecule has 1 aliphatic rings. The molecule has 1 unspecified atom stereocenters. The predicted octanol–water partition coefficient (Wildman–Crippen LogP) is 2.91. The minimum absolute atomic E-state index is 0.401. The highest BCUT2D eigenvalue weighted by atomic mass is 15.1. The Morgan fingerprint density at radius 3 is 2.43 bits per heavy atom. The van der Waals surface area contributed by atoms with Crippen LogP contribution in [0.5, 0.6) is 0 Å². The molecular formula is C13H23N. The van der Waals surface area contributed by atoms with E-state index in [1.807, 2.05) is 0 Å². The Kier molecular flexibility index (Phi) is 5.04. The summed E-state index contributed by atoms with van der Waals surface area (Å²) in [6, 6.07) is 0.401. The summed E-state index contributed by atoms with van der Waals surface area (Å²) in [4.78, 5) is 2.16. The maximum Gasteiger partial charge on any atom is 0.0681 e. The Hall–Kier alpha value is -0.480. The average molecular weight is 193 g/mol. The van der Waals surface area contributed by atoms with Crippen molar-refractivity contribution in [3.63, 3.8) is 0 Å². The lowest BCUT2D eigenvalue weighted by Crippen LogP contribution is -2.22. The number of rotatable bonds is 2. The Morgan fingerprint density at radius 2 is 1.86 bits per heavy atom. The van der Waals surface area contributed by atoms with Gasteiger partial charge < -0.3 is 0 Å². The molecule has 0 amide bonds. The molecule has 1 rings (SSSR count). The molecule has 0 aromatic heterocycles. The van der Waals surface area contributed by atoms with E-state index in [1.165, 1.54) is 32.1 Å². The fraction of sp³-hybridized carbons (Fsp3) is 0.846. The van der Waals surface area contributed by atoms with Crippen LogP contribution < -0.4 is 0 Å². The topological polar surface area (TPSA) is 3.24 Å². The lowest BCUT2D eigenvalue weighted by atomic mass is 9.87. The van der Waals surface area contributed by atoms with Crippen LogP contribution in [0, 0.1) is 17.8 Å². The maximum absolute atomic E-state index is 3.34. The lowest BCUT2D eigenvalue weighted by molar-refractivity contribution is 0.362. The van der Waals surface area contributed by atoms with Gasteiger partial charge in [-0.1, -0.05) is 25.2 Å². The van der Waals surface area contributed by atoms with Crippen molar-refractivity contribution >= 4 is 0 Å². The van der Waals surface area contributed by atoms with Crippen molar-refractivity contribution in [1.29, 1.82) is 0 Å². The van der Waals surface area contributed by atoms with E-state index in [2.05, 4.69) is 37.8 Å². The summed E-state index contributed by atoms with van der Waals surface area (Å²) in [5, 5.41) is 0. The van der Waals surface area contributed by atoms with E-state index < -0.39 is 0 Å². The third-order valence-electron chi connectivity index (χ3n) is 3.20. The van der Waals surface area contributed by atoms with Gasteiger partial charge in [0.25, 0.3) is 0 Å². The van der Waals surface area contributed by atoms with E-state index in [0.717, 1.165) is 12.3 Å². The van der Waals surface area contributed by atoms with Crippen molar-refractivity contribution in [2.45, 2.75) is 51.5 Å². The van der Waals surface area contributed by atoms with Crippen molar-refractivity contribution in [3.8, 4) is 11.8 Å². The zero-order valence-corrected chi connectivity index (χ0v) is 9.84. The summed E-state index contributed by atoms with van der Waals surface area (Å²) in [6.07, 6.45) is 8.23. The summed E-state index contributed by atoms with van der Waals surface area (Å²) >= 11 is 0. The molecule has 0 aromatic rings. The van der Waals surface area contributed by atoms with Gasteiger partial charge in [0.15, 0.2) is 0 Å². The van der Waals surface area contributed by atoms with Crippen molar-refractivity contribution in [1.82, 2.24) is 4.90 Å². The highest BCUT2D eigenvalue weighted by Gasteiger charge is 2.11. The zero-order valence-electron chi connectivity index (χ0n) is 9.84. The van der Waals surface area contributed by atoms with E-state index >= 15 is 0 Å². The van der Waals surface area contributed by atoms with Crippen molar-refractivity contribution in [3.05, 3.63) is 0 Å². The van der Waals surface area contributed by atoms with Gasteiger partial charge >= 0.3 is 0 Å². The second kappa shape index (κ2) is 6.09. The van der Waals surface area contributed by atoms with Crippen LogP contribution in [0.2, 0.25) is 0 Å². The molecule has 1 nitrogen and oxygen atoms in total. The van der Waals surface area contributed by atoms with Gasteiger partial charge in [-0.25, -0.2) is 0 Å². The summed E-state index contributed by atoms with van der Waals surface area (Å²) in [5.41, 5.74) is 0. The largest absolute Gasteiger partial charge is 0.296 e. The van der Waals surface area contributed by atoms with Crippen LogP contribution in [0.25, 0.3) is 0 Å². The van der Waals surface area contributed by atoms with E-state index in [4.69, 9.17) is 0 Å². The molecule has 0 radical (unpaired) electrons. The fourth-order valence-electron chi connectivity index (χ4n) is 1.87. The number of nitrogens with zero attached hydrogens (tertiary/aromatic N) is 1. The summed E-state index contributed by atoms with van der Waals surface area (Å²) in [7, 11) is 4.17. The molecule has 0 bridgehead atoms. The third-order valence-corrected chi connectivity index (χ3v) is 3.20. The van der Waals surface area contributed by atoms with Gasteiger partial charge in [-0.05, 0) is 39.8 Å². The van der Waals surface area contributed by atoms with Gasteiger partial charge in [-0.15, -0.1) is 5.92 Å². The first-order chi connectivity index (χ1) is 6.70. The smallest absolute Gasteiger partial charge is 0.0681 e. The van der Waals surface area contributed by atoms with E-state index in [-0.39, 0.29) is 0 Å². The highest BCUT2D eigenvalue weighted by molar-refractivity contribution is 5.06. The minimum atomic E-state index is 0.401. The first-order valence-electron chi connectivity index (χ1n) is 5.85. The van der Waals surface area contributed by atoms with Crippen LogP contribution in [-0.2, 0) is 0 Å². The normalized spacial score (nSPS) is 20.3. The molecule has 0 saturated heterocycles. The molecule has 1 saturated carbocycles. The molecule has 1 atom stereocenters. The van der Waals surface area contributed by atoms with Crippen LogP contribution >= 0.6 is 0 Å². The van der Waals surface area contributed by atoms with E-state index in [9.17, 15) is 0 Å². The van der Waals surface area contributed by atoms with Crippen LogP contribution in [0.3, 0.4) is 0 Å². The Morgan fingerprint density at radius 1 is 1.21 bits per heavy atom. The minimum Gasteiger partial charge on any atom is -0.296 e.